The molecule has 0 spiro atoms. The Kier molecular flexibility index (Phi) is 7.10. The van der Waals surface area contributed by atoms with E-state index < -0.39 is 40.4 Å². The van der Waals surface area contributed by atoms with Gasteiger partial charge < -0.3 is 0 Å². The van der Waals surface area contributed by atoms with Gasteiger partial charge in [0.15, 0.2) is 0 Å². The fourth-order valence-corrected chi connectivity index (χ4v) is 23.4. The van der Waals surface area contributed by atoms with Crippen LogP contribution in [0.3, 0.4) is 0 Å². The summed E-state index contributed by atoms with van der Waals surface area (Å²) >= 11 is 0. The van der Waals surface area contributed by atoms with Crippen LogP contribution in [-0.4, -0.2) is 40.4 Å². The molecule has 0 aliphatic carbocycles. The monoisotopic (exact) mass is 464 g/mol. The van der Waals surface area contributed by atoms with Crippen molar-refractivity contribution < 1.29 is 0 Å². The van der Waals surface area contributed by atoms with Crippen LogP contribution in [0.25, 0.3) is 6.08 Å². The van der Waals surface area contributed by atoms with Crippen LogP contribution in [0, 0.1) is 0 Å². The van der Waals surface area contributed by atoms with Crippen LogP contribution < -0.4 is 25.9 Å². The first-order chi connectivity index (χ1) is 12.1. The van der Waals surface area contributed by atoms with E-state index in [1.165, 1.54) is 0 Å². The summed E-state index contributed by atoms with van der Waals surface area (Å²) in [5.41, 5.74) is 1.58. The van der Waals surface area contributed by atoms with Gasteiger partial charge in [-0.2, -0.15) is 0 Å². The maximum absolute atomic E-state index is 4.40. The minimum Gasteiger partial charge on any atom is -0.0985 e. The number of benzene rings is 1. The molecule has 0 heterocycles. The highest BCUT2D eigenvalue weighted by Crippen LogP contribution is 2.18. The smallest absolute Gasteiger partial charge is 0.0782 e. The van der Waals surface area contributed by atoms with Crippen molar-refractivity contribution in [1.29, 1.82) is 0 Å². The summed E-state index contributed by atoms with van der Waals surface area (Å²) in [6.45, 7) is 43.1. The lowest BCUT2D eigenvalue weighted by Gasteiger charge is -2.44. The summed E-state index contributed by atoms with van der Waals surface area (Å²) in [5.74, 6) is 0. The lowest BCUT2D eigenvalue weighted by Crippen LogP contribution is -2.78. The summed E-state index contributed by atoms with van der Waals surface area (Å²) < 4.78 is 0. The molecule has 1 aromatic carbocycles. The first-order valence-corrected chi connectivity index (χ1v) is 28.4. The fourth-order valence-electron chi connectivity index (χ4n) is 4.78. The maximum Gasteiger partial charge on any atom is 0.0782 e. The average Bonchev–Trinajstić information content (AvgIpc) is 2.38. The van der Waals surface area contributed by atoms with Crippen molar-refractivity contribution in [2.45, 2.75) is 98.2 Å². The van der Waals surface area contributed by atoms with E-state index in [-0.39, 0.29) is 0 Å². The van der Waals surface area contributed by atoms with E-state index in [1.807, 2.05) is 15.6 Å². The molecule has 0 atom stereocenters. The van der Waals surface area contributed by atoms with E-state index >= 15 is 0 Å². The first-order valence-electron chi connectivity index (χ1n) is 10.9. The zero-order valence-corrected chi connectivity index (χ0v) is 26.8. The molecule has 0 aliphatic rings. The molecule has 0 N–H and O–H groups in total. The molecule has 0 radical (unpaired) electrons. The van der Waals surface area contributed by atoms with Crippen molar-refractivity contribution in [2.75, 3.05) is 0 Å². The highest BCUT2D eigenvalue weighted by molar-refractivity contribution is 7.10. The topological polar surface area (TPSA) is 0 Å². The van der Waals surface area contributed by atoms with E-state index in [9.17, 15) is 0 Å². The van der Waals surface area contributed by atoms with E-state index in [1.54, 1.807) is 15.9 Å². The highest BCUT2D eigenvalue weighted by Gasteiger charge is 2.43. The van der Waals surface area contributed by atoms with E-state index in [0.29, 0.717) is 0 Å². The minimum absolute atomic E-state index is 1.52. The van der Waals surface area contributed by atoms with Crippen LogP contribution >= 0.6 is 0 Å². The van der Waals surface area contributed by atoms with Gasteiger partial charge >= 0.3 is 0 Å². The molecule has 0 saturated heterocycles. The summed E-state index contributed by atoms with van der Waals surface area (Å²) in [6.07, 6.45) is 2.27. The zero-order valence-electron chi connectivity index (χ0n) is 21.8. The summed E-state index contributed by atoms with van der Waals surface area (Å²) in [7, 11) is -7.63. The Labute approximate surface area is 182 Å². The summed E-state index contributed by atoms with van der Waals surface area (Å²) in [6, 6.07) is 0. The van der Waals surface area contributed by atoms with Crippen molar-refractivity contribution >= 4 is 72.4 Å². The third-order valence-corrected chi connectivity index (χ3v) is 16.5. The number of hydrogen-bond donors (Lipinski definition) is 0. The highest BCUT2D eigenvalue weighted by atomic mass is 28.3. The van der Waals surface area contributed by atoms with Crippen molar-refractivity contribution in [3.8, 4) is 0 Å². The molecule has 0 aromatic heterocycles. The van der Waals surface area contributed by atoms with Crippen LogP contribution in [0.1, 0.15) is 5.56 Å². The Balaban J connectivity index is 4.70. The molecule has 1 rings (SSSR count). The van der Waals surface area contributed by atoms with Gasteiger partial charge in [0.2, 0.25) is 0 Å². The van der Waals surface area contributed by atoms with Crippen LogP contribution in [-0.2, 0) is 0 Å². The Morgan fingerprint density at radius 3 is 0.714 bits per heavy atom. The molecule has 0 fully saturated rings. The SMILES string of the molecule is C=Cc1c([Si](C)(C)C)c([Si](C)(C)C)c([Si](C)(C)C)c([Si](C)(C)C)c1[Si](C)(C)C. The van der Waals surface area contributed by atoms with Gasteiger partial charge in [0.1, 0.15) is 0 Å². The minimum atomic E-state index is -1.53. The van der Waals surface area contributed by atoms with Crippen LogP contribution in [0.5, 0.6) is 0 Å². The van der Waals surface area contributed by atoms with Gasteiger partial charge in [0.05, 0.1) is 40.4 Å². The predicted octanol–water partition coefficient (Wildman–Crippen LogP) is 5.06. The Morgan fingerprint density at radius 2 is 0.571 bits per heavy atom. The second-order valence-electron chi connectivity index (χ2n) is 13.7. The molecule has 0 amide bonds. The van der Waals surface area contributed by atoms with Gasteiger partial charge in [-0.1, -0.05) is 137 Å². The van der Waals surface area contributed by atoms with Crippen LogP contribution in [0.15, 0.2) is 6.58 Å². The molecule has 28 heavy (non-hydrogen) atoms. The van der Waals surface area contributed by atoms with Crippen molar-refractivity contribution in [3.05, 3.63) is 12.1 Å². The molecular weight excluding hydrogens is 417 g/mol. The lowest BCUT2D eigenvalue weighted by molar-refractivity contribution is 1.62. The molecule has 5 heteroatoms. The van der Waals surface area contributed by atoms with E-state index in [0.717, 1.165) is 0 Å². The van der Waals surface area contributed by atoms with Gasteiger partial charge in [-0.15, -0.1) is 0 Å². The molecule has 160 valence electrons. The normalized spacial score (nSPS) is 14.4. The number of rotatable bonds is 6. The van der Waals surface area contributed by atoms with Crippen LogP contribution in [0.4, 0.5) is 0 Å². The molecule has 0 nitrogen and oxygen atoms in total. The molecule has 0 bridgehead atoms. The van der Waals surface area contributed by atoms with Crippen LogP contribution in [0.2, 0.25) is 98.2 Å². The average molecular weight is 465 g/mol. The Bertz CT molecular complexity index is 702. The van der Waals surface area contributed by atoms with E-state index in [4.69, 9.17) is 0 Å². The predicted molar refractivity (Wildman–Crippen MR) is 151 cm³/mol. The molecule has 0 unspecified atom stereocenters. The Morgan fingerprint density at radius 1 is 0.393 bits per heavy atom. The number of hydrogen-bond acceptors (Lipinski definition) is 0. The third-order valence-electron chi connectivity index (χ3n) is 5.49. The maximum atomic E-state index is 4.40. The quantitative estimate of drug-likeness (QED) is 0.516. The fraction of sp³-hybridized carbons (Fsp3) is 0.652. The second-order valence-corrected chi connectivity index (χ2v) is 38.7. The largest absolute Gasteiger partial charge is 0.0985 e. The van der Waals surface area contributed by atoms with Crippen molar-refractivity contribution in [3.63, 3.8) is 0 Å². The second kappa shape index (κ2) is 7.63. The Hall–Kier alpha value is 0.0444. The van der Waals surface area contributed by atoms with E-state index in [2.05, 4.69) is 111 Å². The summed E-state index contributed by atoms with van der Waals surface area (Å²) in [5, 5.41) is 9.13. The zero-order chi connectivity index (χ0) is 22.7. The lowest BCUT2D eigenvalue weighted by atomic mass is 10.2. The summed E-state index contributed by atoms with van der Waals surface area (Å²) in [4.78, 5) is 0. The third kappa shape index (κ3) is 5.20. The van der Waals surface area contributed by atoms with Gasteiger partial charge in [-0.25, -0.2) is 0 Å². The van der Waals surface area contributed by atoms with Crippen molar-refractivity contribution in [1.82, 2.24) is 0 Å². The molecular formula is C23H48Si5. The van der Waals surface area contributed by atoms with Gasteiger partial charge in [-0.3, -0.25) is 0 Å². The molecule has 1 aromatic rings. The van der Waals surface area contributed by atoms with Gasteiger partial charge in [0, 0.05) is 0 Å². The molecule has 0 saturated carbocycles. The first kappa shape index (κ1) is 26.1. The standard InChI is InChI=1S/C23H48Si5/c1-17-18-19(24(2,3)4)21(26(8,9)10)23(28(14,15)16)22(27(11,12)13)20(18)25(5,6)7/h17H,1H2,2-16H3. The van der Waals surface area contributed by atoms with Crippen molar-refractivity contribution in [2.24, 2.45) is 0 Å². The van der Waals surface area contributed by atoms with Gasteiger partial charge in [-0.05, 0) is 5.56 Å². The molecule has 0 aliphatic heterocycles. The van der Waals surface area contributed by atoms with Gasteiger partial charge in [0.25, 0.3) is 0 Å².